The maximum atomic E-state index is 12.5. The van der Waals surface area contributed by atoms with Gasteiger partial charge in [0.2, 0.25) is 0 Å². The van der Waals surface area contributed by atoms with Crippen molar-refractivity contribution in [2.24, 2.45) is 0 Å². The Hall–Kier alpha value is -3.34. The zero-order chi connectivity index (χ0) is 18.5. The largest absolute Gasteiger partial charge is 0.497 e. The SMILES string of the molecule is COc1cccc(Nc2ccnc(C(=O)Nc3ccc(C)c(C)c3)c2)c1. The van der Waals surface area contributed by atoms with E-state index in [0.717, 1.165) is 28.4 Å². The van der Waals surface area contributed by atoms with Crippen molar-refractivity contribution in [2.45, 2.75) is 13.8 Å². The van der Waals surface area contributed by atoms with Crippen LogP contribution >= 0.6 is 0 Å². The molecule has 0 bridgehead atoms. The van der Waals surface area contributed by atoms with Crippen molar-refractivity contribution in [1.82, 2.24) is 4.98 Å². The summed E-state index contributed by atoms with van der Waals surface area (Å²) >= 11 is 0. The molecule has 0 saturated heterocycles. The van der Waals surface area contributed by atoms with Crippen LogP contribution in [0.1, 0.15) is 21.6 Å². The number of hydrogen-bond acceptors (Lipinski definition) is 4. The number of ether oxygens (including phenoxy) is 1. The molecule has 0 aliphatic carbocycles. The van der Waals surface area contributed by atoms with Crippen molar-refractivity contribution >= 4 is 23.0 Å². The Balaban J connectivity index is 1.75. The molecule has 1 heterocycles. The van der Waals surface area contributed by atoms with Crippen LogP contribution in [0.5, 0.6) is 5.75 Å². The van der Waals surface area contributed by atoms with Gasteiger partial charge in [-0.2, -0.15) is 0 Å². The molecule has 2 aromatic carbocycles. The molecule has 0 spiro atoms. The van der Waals surface area contributed by atoms with Gasteiger partial charge in [-0.25, -0.2) is 0 Å². The number of rotatable bonds is 5. The number of hydrogen-bond donors (Lipinski definition) is 2. The standard InChI is InChI=1S/C21H21N3O2/c1-14-7-8-17(11-15(14)2)24-21(25)20-13-18(9-10-22-20)23-16-5-4-6-19(12-16)26-3/h4-13H,1-3H3,(H,22,23)(H,24,25). The molecule has 0 atom stereocenters. The van der Waals surface area contributed by atoms with E-state index in [1.54, 1.807) is 19.4 Å². The van der Waals surface area contributed by atoms with Gasteiger partial charge in [-0.3, -0.25) is 9.78 Å². The van der Waals surface area contributed by atoms with Gasteiger partial charge in [-0.1, -0.05) is 12.1 Å². The van der Waals surface area contributed by atoms with Crippen molar-refractivity contribution in [1.29, 1.82) is 0 Å². The first kappa shape index (κ1) is 17.5. The third-order valence-electron chi connectivity index (χ3n) is 4.12. The average Bonchev–Trinajstić information content (AvgIpc) is 2.65. The van der Waals surface area contributed by atoms with E-state index in [9.17, 15) is 4.79 Å². The molecule has 2 N–H and O–H groups in total. The summed E-state index contributed by atoms with van der Waals surface area (Å²) in [4.78, 5) is 16.7. The lowest BCUT2D eigenvalue weighted by Crippen LogP contribution is -2.14. The van der Waals surface area contributed by atoms with Crippen LogP contribution in [-0.2, 0) is 0 Å². The van der Waals surface area contributed by atoms with Gasteiger partial charge in [0, 0.05) is 29.3 Å². The van der Waals surface area contributed by atoms with E-state index < -0.39 is 0 Å². The van der Waals surface area contributed by atoms with E-state index in [4.69, 9.17) is 4.74 Å². The Morgan fingerprint density at radius 1 is 0.923 bits per heavy atom. The van der Waals surface area contributed by atoms with E-state index in [1.807, 2.05) is 62.4 Å². The minimum atomic E-state index is -0.248. The third kappa shape index (κ3) is 4.19. The van der Waals surface area contributed by atoms with E-state index >= 15 is 0 Å². The highest BCUT2D eigenvalue weighted by Gasteiger charge is 2.09. The molecule has 132 valence electrons. The maximum absolute atomic E-state index is 12.5. The van der Waals surface area contributed by atoms with Crippen LogP contribution in [0.4, 0.5) is 17.1 Å². The molecule has 0 saturated carbocycles. The summed E-state index contributed by atoms with van der Waals surface area (Å²) in [6, 6.07) is 16.9. The number of pyridine rings is 1. The predicted octanol–water partition coefficient (Wildman–Crippen LogP) is 4.70. The molecule has 0 radical (unpaired) electrons. The highest BCUT2D eigenvalue weighted by molar-refractivity contribution is 6.03. The average molecular weight is 347 g/mol. The Morgan fingerprint density at radius 2 is 1.73 bits per heavy atom. The fourth-order valence-corrected chi connectivity index (χ4v) is 2.51. The molecule has 3 aromatic rings. The van der Waals surface area contributed by atoms with E-state index in [2.05, 4.69) is 15.6 Å². The molecule has 3 rings (SSSR count). The number of carbonyl (C=O) groups excluding carboxylic acids is 1. The smallest absolute Gasteiger partial charge is 0.274 e. The van der Waals surface area contributed by atoms with Crippen LogP contribution in [0.3, 0.4) is 0 Å². The number of nitrogens with zero attached hydrogens (tertiary/aromatic N) is 1. The lowest BCUT2D eigenvalue weighted by Gasteiger charge is -2.10. The number of nitrogens with one attached hydrogen (secondary N) is 2. The number of benzene rings is 2. The van der Waals surface area contributed by atoms with Crippen molar-refractivity contribution < 1.29 is 9.53 Å². The normalized spacial score (nSPS) is 10.3. The van der Waals surface area contributed by atoms with Crippen molar-refractivity contribution in [2.75, 3.05) is 17.7 Å². The van der Waals surface area contributed by atoms with E-state index in [-0.39, 0.29) is 5.91 Å². The van der Waals surface area contributed by atoms with Crippen LogP contribution < -0.4 is 15.4 Å². The fraction of sp³-hybridized carbons (Fsp3) is 0.143. The molecule has 0 aliphatic heterocycles. The molecule has 0 aliphatic rings. The van der Waals surface area contributed by atoms with Gasteiger partial charge in [0.25, 0.3) is 5.91 Å². The van der Waals surface area contributed by atoms with Crippen molar-refractivity contribution in [3.63, 3.8) is 0 Å². The first-order valence-corrected chi connectivity index (χ1v) is 8.31. The van der Waals surface area contributed by atoms with Crippen molar-refractivity contribution in [3.8, 4) is 5.75 Å². The highest BCUT2D eigenvalue weighted by atomic mass is 16.5. The van der Waals surface area contributed by atoms with Crippen LogP contribution in [0, 0.1) is 13.8 Å². The summed E-state index contributed by atoms with van der Waals surface area (Å²) in [5.41, 5.74) is 5.06. The number of carbonyl (C=O) groups is 1. The van der Waals surface area contributed by atoms with Crippen LogP contribution in [0.15, 0.2) is 60.8 Å². The van der Waals surface area contributed by atoms with Gasteiger partial charge >= 0.3 is 0 Å². The van der Waals surface area contributed by atoms with Gasteiger partial charge in [-0.05, 0) is 61.4 Å². The molecule has 0 unspecified atom stereocenters. The summed E-state index contributed by atoms with van der Waals surface area (Å²) in [5, 5.41) is 6.14. The molecule has 0 fully saturated rings. The third-order valence-corrected chi connectivity index (χ3v) is 4.12. The van der Waals surface area contributed by atoms with E-state index in [0.29, 0.717) is 5.69 Å². The minimum Gasteiger partial charge on any atom is -0.497 e. The Kier molecular flexibility index (Phi) is 5.17. The van der Waals surface area contributed by atoms with Crippen LogP contribution in [-0.4, -0.2) is 18.0 Å². The summed E-state index contributed by atoms with van der Waals surface area (Å²) in [5.74, 6) is 0.513. The summed E-state index contributed by atoms with van der Waals surface area (Å²) in [6.07, 6.45) is 1.61. The minimum absolute atomic E-state index is 0.248. The molecule has 1 amide bonds. The second-order valence-corrected chi connectivity index (χ2v) is 6.04. The fourth-order valence-electron chi connectivity index (χ4n) is 2.51. The molecule has 1 aromatic heterocycles. The molecule has 5 nitrogen and oxygen atoms in total. The first-order valence-electron chi connectivity index (χ1n) is 8.31. The summed E-state index contributed by atoms with van der Waals surface area (Å²) in [6.45, 7) is 4.05. The van der Waals surface area contributed by atoms with E-state index in [1.165, 1.54) is 5.56 Å². The molecular formula is C21H21N3O2. The number of aromatic nitrogens is 1. The second-order valence-electron chi connectivity index (χ2n) is 6.04. The molecule has 5 heteroatoms. The zero-order valence-electron chi connectivity index (χ0n) is 15.0. The lowest BCUT2D eigenvalue weighted by molar-refractivity contribution is 0.102. The Morgan fingerprint density at radius 3 is 2.50 bits per heavy atom. The maximum Gasteiger partial charge on any atom is 0.274 e. The molecular weight excluding hydrogens is 326 g/mol. The molecule has 26 heavy (non-hydrogen) atoms. The number of aryl methyl sites for hydroxylation is 2. The number of amides is 1. The lowest BCUT2D eigenvalue weighted by atomic mass is 10.1. The van der Waals surface area contributed by atoms with Crippen molar-refractivity contribution in [3.05, 3.63) is 77.6 Å². The number of anilines is 3. The van der Waals surface area contributed by atoms with Gasteiger partial charge in [0.05, 0.1) is 7.11 Å². The first-order chi connectivity index (χ1) is 12.5. The van der Waals surface area contributed by atoms with Gasteiger partial charge in [0.15, 0.2) is 0 Å². The number of methoxy groups -OCH3 is 1. The quantitative estimate of drug-likeness (QED) is 0.702. The van der Waals surface area contributed by atoms with Crippen LogP contribution in [0.25, 0.3) is 0 Å². The zero-order valence-corrected chi connectivity index (χ0v) is 15.0. The second kappa shape index (κ2) is 7.70. The van der Waals surface area contributed by atoms with Gasteiger partial charge in [-0.15, -0.1) is 0 Å². The summed E-state index contributed by atoms with van der Waals surface area (Å²) in [7, 11) is 1.63. The Labute approximate surface area is 153 Å². The van der Waals surface area contributed by atoms with Crippen LogP contribution in [0.2, 0.25) is 0 Å². The van der Waals surface area contributed by atoms with Gasteiger partial charge in [0.1, 0.15) is 11.4 Å². The highest BCUT2D eigenvalue weighted by Crippen LogP contribution is 2.22. The Bertz CT molecular complexity index is 938. The topological polar surface area (TPSA) is 63.2 Å². The summed E-state index contributed by atoms with van der Waals surface area (Å²) < 4.78 is 5.22. The predicted molar refractivity (Wildman–Crippen MR) is 104 cm³/mol. The monoisotopic (exact) mass is 347 g/mol. The van der Waals surface area contributed by atoms with Gasteiger partial charge < -0.3 is 15.4 Å².